The molecular weight excluding hydrogens is 276 g/mol. The van der Waals surface area contributed by atoms with Crippen LogP contribution in [0.25, 0.3) is 0 Å². The van der Waals surface area contributed by atoms with Gasteiger partial charge in [-0.05, 0) is 30.7 Å². The van der Waals surface area contributed by atoms with Crippen molar-refractivity contribution < 1.29 is 4.79 Å². The second-order valence-corrected chi connectivity index (χ2v) is 4.67. The molecule has 0 saturated heterocycles. The van der Waals surface area contributed by atoms with Crippen LogP contribution >= 0.6 is 11.6 Å². The second kappa shape index (κ2) is 6.34. The summed E-state index contributed by atoms with van der Waals surface area (Å²) in [4.78, 5) is 22.0. The molecule has 0 aliphatic rings. The maximum absolute atomic E-state index is 12.4. The standard InChI is InChI=1S/C14H15ClN4O/c1-2-19(9-10-3-5-17-6-4-10)14(20)11-7-12(15)13(16)18-8-11/h3-8H,2,9H2,1H3,(H2,16,18). The van der Waals surface area contributed by atoms with E-state index in [1.54, 1.807) is 23.4 Å². The predicted octanol–water partition coefficient (Wildman–Crippen LogP) is 2.37. The van der Waals surface area contributed by atoms with E-state index in [0.29, 0.717) is 18.7 Å². The number of aromatic nitrogens is 2. The van der Waals surface area contributed by atoms with Crippen LogP contribution in [0.2, 0.25) is 5.02 Å². The lowest BCUT2D eigenvalue weighted by atomic mass is 10.2. The van der Waals surface area contributed by atoms with Crippen LogP contribution < -0.4 is 5.73 Å². The predicted molar refractivity (Wildman–Crippen MR) is 78.3 cm³/mol. The van der Waals surface area contributed by atoms with Crippen molar-refractivity contribution in [2.45, 2.75) is 13.5 Å². The summed E-state index contributed by atoms with van der Waals surface area (Å²) in [7, 11) is 0. The number of nitrogen functional groups attached to an aromatic ring is 1. The first-order valence-electron chi connectivity index (χ1n) is 6.21. The minimum absolute atomic E-state index is 0.126. The first kappa shape index (κ1) is 14.3. The molecule has 0 radical (unpaired) electrons. The Bertz CT molecular complexity index is 603. The fourth-order valence-electron chi connectivity index (χ4n) is 1.78. The SMILES string of the molecule is CCN(Cc1ccncc1)C(=O)c1cnc(N)c(Cl)c1. The van der Waals surface area contributed by atoms with E-state index >= 15 is 0 Å². The quantitative estimate of drug-likeness (QED) is 0.938. The van der Waals surface area contributed by atoms with Crippen LogP contribution in [0.5, 0.6) is 0 Å². The van der Waals surface area contributed by atoms with Gasteiger partial charge < -0.3 is 10.6 Å². The third-order valence-corrected chi connectivity index (χ3v) is 3.21. The summed E-state index contributed by atoms with van der Waals surface area (Å²) < 4.78 is 0. The third kappa shape index (κ3) is 3.24. The topological polar surface area (TPSA) is 72.1 Å². The average molecular weight is 291 g/mol. The maximum atomic E-state index is 12.4. The number of rotatable bonds is 4. The maximum Gasteiger partial charge on any atom is 0.255 e. The van der Waals surface area contributed by atoms with Gasteiger partial charge in [-0.1, -0.05) is 11.6 Å². The number of amides is 1. The van der Waals surface area contributed by atoms with Crippen LogP contribution in [0.1, 0.15) is 22.8 Å². The molecule has 0 fully saturated rings. The van der Waals surface area contributed by atoms with E-state index in [9.17, 15) is 4.79 Å². The molecule has 2 heterocycles. The number of anilines is 1. The first-order chi connectivity index (χ1) is 9.61. The van der Waals surface area contributed by atoms with Crippen molar-refractivity contribution in [3.05, 3.63) is 52.9 Å². The zero-order valence-corrected chi connectivity index (χ0v) is 11.8. The van der Waals surface area contributed by atoms with Gasteiger partial charge in [0, 0.05) is 31.7 Å². The van der Waals surface area contributed by atoms with Gasteiger partial charge in [0.1, 0.15) is 5.82 Å². The number of halogens is 1. The lowest BCUT2D eigenvalue weighted by Crippen LogP contribution is -2.30. The molecule has 0 spiro atoms. The Morgan fingerprint density at radius 2 is 2.10 bits per heavy atom. The molecule has 0 atom stereocenters. The van der Waals surface area contributed by atoms with Gasteiger partial charge in [-0.25, -0.2) is 4.98 Å². The lowest BCUT2D eigenvalue weighted by Gasteiger charge is -2.21. The molecule has 0 aliphatic heterocycles. The van der Waals surface area contributed by atoms with E-state index in [-0.39, 0.29) is 16.7 Å². The van der Waals surface area contributed by atoms with Crippen molar-refractivity contribution in [2.24, 2.45) is 0 Å². The van der Waals surface area contributed by atoms with Gasteiger partial charge in [0.05, 0.1) is 10.6 Å². The number of pyridine rings is 2. The van der Waals surface area contributed by atoms with E-state index in [1.165, 1.54) is 6.20 Å². The third-order valence-electron chi connectivity index (χ3n) is 2.91. The molecule has 2 rings (SSSR count). The van der Waals surface area contributed by atoms with Crippen LogP contribution in [0.4, 0.5) is 5.82 Å². The molecule has 1 amide bonds. The summed E-state index contributed by atoms with van der Waals surface area (Å²) in [6.45, 7) is 3.02. The van der Waals surface area contributed by atoms with Crippen molar-refractivity contribution in [3.63, 3.8) is 0 Å². The van der Waals surface area contributed by atoms with Gasteiger partial charge >= 0.3 is 0 Å². The number of hydrogen-bond donors (Lipinski definition) is 1. The molecule has 0 saturated carbocycles. The van der Waals surface area contributed by atoms with Gasteiger partial charge in [0.25, 0.3) is 5.91 Å². The highest BCUT2D eigenvalue weighted by atomic mass is 35.5. The minimum Gasteiger partial charge on any atom is -0.382 e. The average Bonchev–Trinajstić information content (AvgIpc) is 2.48. The summed E-state index contributed by atoms with van der Waals surface area (Å²) in [5.74, 6) is 0.0964. The summed E-state index contributed by atoms with van der Waals surface area (Å²) in [5.41, 5.74) is 7.00. The molecule has 0 aliphatic carbocycles. The van der Waals surface area contributed by atoms with E-state index in [0.717, 1.165) is 5.56 Å². The van der Waals surface area contributed by atoms with Crippen molar-refractivity contribution >= 4 is 23.3 Å². The van der Waals surface area contributed by atoms with Gasteiger partial charge in [0.2, 0.25) is 0 Å². The lowest BCUT2D eigenvalue weighted by molar-refractivity contribution is 0.0752. The van der Waals surface area contributed by atoms with Gasteiger partial charge in [-0.3, -0.25) is 9.78 Å². The number of nitrogens with zero attached hydrogens (tertiary/aromatic N) is 3. The molecule has 2 aromatic heterocycles. The largest absolute Gasteiger partial charge is 0.382 e. The fraction of sp³-hybridized carbons (Fsp3) is 0.214. The highest BCUT2D eigenvalue weighted by Gasteiger charge is 2.16. The molecule has 0 unspecified atom stereocenters. The van der Waals surface area contributed by atoms with Gasteiger partial charge in [-0.2, -0.15) is 0 Å². The summed E-state index contributed by atoms with van der Waals surface area (Å²) >= 11 is 5.90. The molecule has 5 nitrogen and oxygen atoms in total. The highest BCUT2D eigenvalue weighted by Crippen LogP contribution is 2.18. The molecule has 6 heteroatoms. The molecule has 0 bridgehead atoms. The number of carbonyl (C=O) groups excluding carboxylic acids is 1. The van der Waals surface area contributed by atoms with Gasteiger partial charge in [0.15, 0.2) is 0 Å². The van der Waals surface area contributed by atoms with Crippen LogP contribution in [-0.4, -0.2) is 27.3 Å². The van der Waals surface area contributed by atoms with E-state index in [1.807, 2.05) is 19.1 Å². The normalized spacial score (nSPS) is 10.3. The van der Waals surface area contributed by atoms with E-state index in [2.05, 4.69) is 9.97 Å². The molecule has 104 valence electrons. The zero-order chi connectivity index (χ0) is 14.5. The van der Waals surface area contributed by atoms with Crippen molar-refractivity contribution in [1.82, 2.24) is 14.9 Å². The van der Waals surface area contributed by atoms with Crippen LogP contribution in [0.3, 0.4) is 0 Å². The Labute approximate surface area is 122 Å². The fourth-order valence-corrected chi connectivity index (χ4v) is 1.95. The summed E-state index contributed by atoms with van der Waals surface area (Å²) in [5, 5.41) is 0.288. The van der Waals surface area contributed by atoms with Crippen molar-refractivity contribution in [1.29, 1.82) is 0 Å². The van der Waals surface area contributed by atoms with Crippen LogP contribution in [0, 0.1) is 0 Å². The zero-order valence-electron chi connectivity index (χ0n) is 11.1. The van der Waals surface area contributed by atoms with Crippen LogP contribution in [-0.2, 0) is 6.54 Å². The molecule has 20 heavy (non-hydrogen) atoms. The van der Waals surface area contributed by atoms with E-state index in [4.69, 9.17) is 17.3 Å². The van der Waals surface area contributed by atoms with Crippen molar-refractivity contribution in [3.8, 4) is 0 Å². The van der Waals surface area contributed by atoms with E-state index < -0.39 is 0 Å². The molecule has 0 aromatic carbocycles. The summed E-state index contributed by atoms with van der Waals surface area (Å²) in [6.07, 6.45) is 4.85. The molecular formula is C14H15ClN4O. The Kier molecular flexibility index (Phi) is 4.53. The monoisotopic (exact) mass is 290 g/mol. The number of carbonyl (C=O) groups is 1. The first-order valence-corrected chi connectivity index (χ1v) is 6.58. The Morgan fingerprint density at radius 1 is 1.40 bits per heavy atom. The van der Waals surface area contributed by atoms with Crippen LogP contribution in [0.15, 0.2) is 36.8 Å². The Morgan fingerprint density at radius 3 is 2.70 bits per heavy atom. The van der Waals surface area contributed by atoms with Gasteiger partial charge in [-0.15, -0.1) is 0 Å². The second-order valence-electron chi connectivity index (χ2n) is 4.27. The number of nitrogens with two attached hydrogens (primary N) is 1. The highest BCUT2D eigenvalue weighted by molar-refractivity contribution is 6.33. The Hall–Kier alpha value is -2.14. The Balaban J connectivity index is 2.18. The van der Waals surface area contributed by atoms with Crippen molar-refractivity contribution in [2.75, 3.05) is 12.3 Å². The number of hydrogen-bond acceptors (Lipinski definition) is 4. The summed E-state index contributed by atoms with van der Waals surface area (Å²) in [6, 6.07) is 5.30. The molecule has 2 N–H and O–H groups in total. The smallest absolute Gasteiger partial charge is 0.255 e. The minimum atomic E-state index is -0.126. The molecule has 2 aromatic rings.